The number of nitrogens with two attached hydrogens (primary N) is 1. The topological polar surface area (TPSA) is 38.4 Å². The van der Waals surface area contributed by atoms with E-state index in [1.807, 2.05) is 12.2 Å². The largest absolute Gasteiger partial charge is 0.384 e. The maximum atomic E-state index is 5.66. The number of allylic oxidation sites excluding steroid dienone is 3. The zero-order chi connectivity index (χ0) is 8.27. The van der Waals surface area contributed by atoms with E-state index in [4.69, 9.17) is 5.73 Å². The van der Waals surface area contributed by atoms with Gasteiger partial charge in [-0.05, 0) is 17.9 Å². The number of nitrogens with zero attached hydrogens (tertiary/aromatic N) is 1. The number of rotatable bonds is 1. The van der Waals surface area contributed by atoms with Gasteiger partial charge in [0, 0.05) is 7.05 Å². The Kier molecular flexibility index (Phi) is 2.47. The van der Waals surface area contributed by atoms with E-state index in [1.165, 1.54) is 0 Å². The zero-order valence-electron chi connectivity index (χ0n) is 7.04. The minimum atomic E-state index is 0.593. The highest BCUT2D eigenvalue weighted by Gasteiger charge is 2.08. The summed E-state index contributed by atoms with van der Waals surface area (Å²) in [6.07, 6.45) is 7.26. The smallest absolute Gasteiger partial charge is 0.121 e. The first kappa shape index (κ1) is 8.05. The molecule has 0 heterocycles. The summed E-state index contributed by atoms with van der Waals surface area (Å²) >= 11 is 0. The highest BCUT2D eigenvalue weighted by atomic mass is 14.8. The molecule has 0 bridgehead atoms. The molecule has 0 saturated heterocycles. The van der Waals surface area contributed by atoms with Gasteiger partial charge in [0.2, 0.25) is 0 Å². The van der Waals surface area contributed by atoms with E-state index in [1.54, 1.807) is 7.05 Å². The molecular weight excluding hydrogens is 136 g/mol. The molecule has 0 aromatic rings. The van der Waals surface area contributed by atoms with Crippen molar-refractivity contribution in [3.63, 3.8) is 0 Å². The van der Waals surface area contributed by atoms with Gasteiger partial charge in [-0.3, -0.25) is 4.99 Å². The highest BCUT2D eigenvalue weighted by Crippen LogP contribution is 2.17. The lowest BCUT2D eigenvalue weighted by Crippen LogP contribution is -2.17. The lowest BCUT2D eigenvalue weighted by Gasteiger charge is -2.13. The molecule has 2 nitrogen and oxygen atoms in total. The molecule has 60 valence electrons. The van der Waals surface area contributed by atoms with Gasteiger partial charge < -0.3 is 5.73 Å². The Bertz CT molecular complexity index is 224. The van der Waals surface area contributed by atoms with Gasteiger partial charge in [-0.2, -0.15) is 0 Å². The molecule has 0 amide bonds. The van der Waals surface area contributed by atoms with Gasteiger partial charge in [0.05, 0.1) is 0 Å². The second kappa shape index (κ2) is 3.37. The SMILES string of the molecule is C/N=C(\N)C1=CC=CC(C)C1. The van der Waals surface area contributed by atoms with Crippen molar-refractivity contribution in [2.45, 2.75) is 13.3 Å². The van der Waals surface area contributed by atoms with Gasteiger partial charge in [0.25, 0.3) is 0 Å². The third-order valence-corrected chi connectivity index (χ3v) is 1.85. The van der Waals surface area contributed by atoms with Gasteiger partial charge in [-0.25, -0.2) is 0 Å². The number of hydrogen-bond donors (Lipinski definition) is 1. The van der Waals surface area contributed by atoms with Gasteiger partial charge in [-0.1, -0.05) is 25.2 Å². The molecule has 0 radical (unpaired) electrons. The monoisotopic (exact) mass is 150 g/mol. The Morgan fingerprint density at radius 3 is 3.00 bits per heavy atom. The normalized spacial score (nSPS) is 25.1. The van der Waals surface area contributed by atoms with Gasteiger partial charge in [-0.15, -0.1) is 0 Å². The number of hydrogen-bond acceptors (Lipinski definition) is 1. The van der Waals surface area contributed by atoms with Gasteiger partial charge in [0.1, 0.15) is 5.84 Å². The molecule has 0 saturated carbocycles. The fourth-order valence-electron chi connectivity index (χ4n) is 1.18. The van der Waals surface area contributed by atoms with Crippen molar-refractivity contribution in [2.24, 2.45) is 16.6 Å². The molecule has 1 rings (SSSR count). The van der Waals surface area contributed by atoms with Crippen molar-refractivity contribution in [3.05, 3.63) is 23.8 Å². The fraction of sp³-hybridized carbons (Fsp3) is 0.444. The van der Waals surface area contributed by atoms with Crippen LogP contribution in [-0.2, 0) is 0 Å². The zero-order valence-corrected chi connectivity index (χ0v) is 7.04. The van der Waals surface area contributed by atoms with E-state index in [9.17, 15) is 0 Å². The minimum Gasteiger partial charge on any atom is -0.384 e. The first-order valence-corrected chi connectivity index (χ1v) is 3.84. The molecule has 11 heavy (non-hydrogen) atoms. The summed E-state index contributed by atoms with van der Waals surface area (Å²) in [6, 6.07) is 0. The van der Waals surface area contributed by atoms with Crippen molar-refractivity contribution < 1.29 is 0 Å². The molecular formula is C9H14N2. The van der Waals surface area contributed by atoms with Crippen LogP contribution in [0, 0.1) is 5.92 Å². The van der Waals surface area contributed by atoms with Crippen molar-refractivity contribution in [3.8, 4) is 0 Å². The Morgan fingerprint density at radius 2 is 2.45 bits per heavy atom. The average molecular weight is 150 g/mol. The van der Waals surface area contributed by atoms with Crippen LogP contribution in [0.3, 0.4) is 0 Å². The van der Waals surface area contributed by atoms with E-state index in [0.717, 1.165) is 12.0 Å². The van der Waals surface area contributed by atoms with Crippen molar-refractivity contribution in [1.82, 2.24) is 0 Å². The molecule has 0 spiro atoms. The fourth-order valence-corrected chi connectivity index (χ4v) is 1.18. The van der Waals surface area contributed by atoms with Crippen LogP contribution in [-0.4, -0.2) is 12.9 Å². The van der Waals surface area contributed by atoms with E-state index in [2.05, 4.69) is 18.0 Å². The molecule has 2 heteroatoms. The van der Waals surface area contributed by atoms with Gasteiger partial charge >= 0.3 is 0 Å². The summed E-state index contributed by atoms with van der Waals surface area (Å²) in [7, 11) is 1.72. The second-order valence-electron chi connectivity index (χ2n) is 2.87. The van der Waals surface area contributed by atoms with Crippen LogP contribution in [0.25, 0.3) is 0 Å². The maximum Gasteiger partial charge on any atom is 0.121 e. The Morgan fingerprint density at radius 1 is 1.73 bits per heavy atom. The molecule has 0 aromatic carbocycles. The molecule has 1 aliphatic rings. The second-order valence-corrected chi connectivity index (χ2v) is 2.87. The minimum absolute atomic E-state index is 0.593. The first-order chi connectivity index (χ1) is 5.24. The Balaban J connectivity index is 2.74. The van der Waals surface area contributed by atoms with E-state index in [0.29, 0.717) is 11.8 Å². The molecule has 0 fully saturated rings. The van der Waals surface area contributed by atoms with Crippen LogP contribution in [0.1, 0.15) is 13.3 Å². The van der Waals surface area contributed by atoms with E-state index < -0.39 is 0 Å². The number of aliphatic imine (C=N–C) groups is 1. The van der Waals surface area contributed by atoms with Crippen LogP contribution in [0.15, 0.2) is 28.8 Å². The first-order valence-electron chi connectivity index (χ1n) is 3.84. The summed E-state index contributed by atoms with van der Waals surface area (Å²) in [6.45, 7) is 2.17. The predicted molar refractivity (Wildman–Crippen MR) is 48.6 cm³/mol. The van der Waals surface area contributed by atoms with Crippen molar-refractivity contribution in [1.29, 1.82) is 0 Å². The van der Waals surface area contributed by atoms with Crippen LogP contribution in [0.5, 0.6) is 0 Å². The molecule has 1 atom stereocenters. The highest BCUT2D eigenvalue weighted by molar-refractivity contribution is 5.97. The maximum absolute atomic E-state index is 5.66. The quantitative estimate of drug-likeness (QED) is 0.446. The lowest BCUT2D eigenvalue weighted by molar-refractivity contribution is 0.722. The standard InChI is InChI=1S/C9H14N2/c1-7-4-3-5-8(6-7)9(10)11-2/h3-5,7H,6H2,1-2H3,(H2,10,11). The molecule has 1 unspecified atom stereocenters. The lowest BCUT2D eigenvalue weighted by atomic mass is 9.95. The Labute approximate surface area is 67.5 Å². The van der Waals surface area contributed by atoms with Crippen molar-refractivity contribution >= 4 is 5.84 Å². The van der Waals surface area contributed by atoms with Crippen LogP contribution in [0.2, 0.25) is 0 Å². The van der Waals surface area contributed by atoms with Gasteiger partial charge in [0.15, 0.2) is 0 Å². The molecule has 2 N–H and O–H groups in total. The number of amidine groups is 1. The third kappa shape index (κ3) is 1.93. The summed E-state index contributed by atoms with van der Waals surface area (Å²) < 4.78 is 0. The molecule has 0 aliphatic heterocycles. The van der Waals surface area contributed by atoms with Crippen molar-refractivity contribution in [2.75, 3.05) is 7.05 Å². The third-order valence-electron chi connectivity index (χ3n) is 1.85. The summed E-state index contributed by atoms with van der Waals surface area (Å²) in [5.41, 5.74) is 6.81. The van der Waals surface area contributed by atoms with Crippen LogP contribution >= 0.6 is 0 Å². The average Bonchev–Trinajstić information content (AvgIpc) is 2.03. The summed E-state index contributed by atoms with van der Waals surface area (Å²) in [5, 5.41) is 0. The summed E-state index contributed by atoms with van der Waals surface area (Å²) in [4.78, 5) is 3.94. The molecule has 1 aliphatic carbocycles. The predicted octanol–water partition coefficient (Wildman–Crippen LogP) is 1.50. The summed E-state index contributed by atoms with van der Waals surface area (Å²) in [5.74, 6) is 1.26. The Hall–Kier alpha value is -1.05. The van der Waals surface area contributed by atoms with E-state index >= 15 is 0 Å². The van der Waals surface area contributed by atoms with Crippen LogP contribution in [0.4, 0.5) is 0 Å². The molecule has 0 aromatic heterocycles. The van der Waals surface area contributed by atoms with E-state index in [-0.39, 0.29) is 0 Å². The van der Waals surface area contributed by atoms with Crippen LogP contribution < -0.4 is 5.73 Å².